The second-order valence-corrected chi connectivity index (χ2v) is 7.54. The Bertz CT molecular complexity index is 779. The minimum absolute atomic E-state index is 0.120. The molecular weight excluding hydrogens is 340 g/mol. The zero-order chi connectivity index (χ0) is 18.8. The first-order valence-corrected chi connectivity index (χ1v) is 8.55. The lowest BCUT2D eigenvalue weighted by Crippen LogP contribution is -2.39. The SMILES string of the molecule is C=C(C)C(=O)O[C@H]1CC2=C[C@@H](C[C@@]3(C)O[C@@H]3[C@H]3OC(=O)C(=C)[C@@H]31)OC2=O. The Morgan fingerprint density at radius 2 is 2.04 bits per heavy atom. The summed E-state index contributed by atoms with van der Waals surface area (Å²) >= 11 is 0. The van der Waals surface area contributed by atoms with Crippen molar-refractivity contribution in [2.75, 3.05) is 0 Å². The van der Waals surface area contributed by atoms with Crippen molar-refractivity contribution in [2.45, 2.75) is 56.7 Å². The third-order valence-corrected chi connectivity index (χ3v) is 5.44. The van der Waals surface area contributed by atoms with Crippen LogP contribution in [0.5, 0.6) is 0 Å². The highest BCUT2D eigenvalue weighted by Crippen LogP contribution is 2.51. The number of esters is 3. The lowest BCUT2D eigenvalue weighted by atomic mass is 9.82. The number of rotatable bonds is 2. The Kier molecular flexibility index (Phi) is 3.63. The molecule has 4 rings (SSSR count). The average molecular weight is 360 g/mol. The predicted molar refractivity (Wildman–Crippen MR) is 87.7 cm³/mol. The quantitative estimate of drug-likeness (QED) is 0.318. The minimum atomic E-state index is -0.799. The Morgan fingerprint density at radius 3 is 2.73 bits per heavy atom. The molecule has 3 heterocycles. The van der Waals surface area contributed by atoms with Crippen molar-refractivity contribution in [3.05, 3.63) is 36.0 Å². The highest BCUT2D eigenvalue weighted by atomic mass is 16.7. The normalized spacial score (nSPS) is 40.6. The fourth-order valence-electron chi connectivity index (χ4n) is 4.02. The van der Waals surface area contributed by atoms with Gasteiger partial charge >= 0.3 is 17.9 Å². The van der Waals surface area contributed by atoms with E-state index in [0.717, 1.165) is 0 Å². The summed E-state index contributed by atoms with van der Waals surface area (Å²) in [4.78, 5) is 36.5. The van der Waals surface area contributed by atoms with E-state index in [4.69, 9.17) is 18.9 Å². The highest BCUT2D eigenvalue weighted by molar-refractivity contribution is 5.93. The molecule has 1 aliphatic carbocycles. The van der Waals surface area contributed by atoms with E-state index in [2.05, 4.69) is 13.2 Å². The Balaban J connectivity index is 1.74. The standard InChI is InChI=1S/C19H20O7/c1-8(2)16(20)24-12-6-10-5-11(23-18(10)22)7-19(4)15(26-19)14-13(12)9(3)17(21)25-14/h5,11-15H,1,3,6-7H2,2,4H3/t11-,12-,13+,14-,15+,19+/m0/s1. The third kappa shape index (κ3) is 2.58. The van der Waals surface area contributed by atoms with Gasteiger partial charge in [-0.05, 0) is 19.9 Å². The summed E-state index contributed by atoms with van der Waals surface area (Å²) in [6, 6.07) is 0. The van der Waals surface area contributed by atoms with Crippen molar-refractivity contribution in [1.29, 1.82) is 0 Å². The summed E-state index contributed by atoms with van der Waals surface area (Å²) in [6.45, 7) is 10.8. The van der Waals surface area contributed by atoms with Crippen LogP contribution >= 0.6 is 0 Å². The van der Waals surface area contributed by atoms with Crippen LogP contribution in [0.4, 0.5) is 0 Å². The summed E-state index contributed by atoms with van der Waals surface area (Å²) in [7, 11) is 0. The number of ether oxygens (including phenoxy) is 4. The van der Waals surface area contributed by atoms with Gasteiger partial charge in [-0.15, -0.1) is 0 Å². The van der Waals surface area contributed by atoms with Gasteiger partial charge in [0.2, 0.25) is 0 Å². The zero-order valence-electron chi connectivity index (χ0n) is 14.7. The number of carbonyl (C=O) groups is 3. The molecular formula is C19H20O7. The van der Waals surface area contributed by atoms with Gasteiger partial charge in [-0.2, -0.15) is 0 Å². The van der Waals surface area contributed by atoms with Gasteiger partial charge in [0, 0.05) is 29.6 Å². The van der Waals surface area contributed by atoms with Crippen LogP contribution in [-0.4, -0.2) is 47.9 Å². The monoisotopic (exact) mass is 360 g/mol. The van der Waals surface area contributed by atoms with E-state index in [1.54, 1.807) is 6.08 Å². The zero-order valence-corrected chi connectivity index (χ0v) is 14.7. The van der Waals surface area contributed by atoms with Gasteiger partial charge < -0.3 is 18.9 Å². The molecule has 26 heavy (non-hydrogen) atoms. The van der Waals surface area contributed by atoms with E-state index in [-0.39, 0.29) is 23.7 Å². The Hall–Kier alpha value is -2.41. The number of epoxide rings is 1. The van der Waals surface area contributed by atoms with Gasteiger partial charge in [-0.3, -0.25) is 0 Å². The summed E-state index contributed by atoms with van der Waals surface area (Å²) < 4.78 is 22.3. The molecule has 2 fully saturated rings. The van der Waals surface area contributed by atoms with Crippen LogP contribution in [0.15, 0.2) is 36.0 Å². The van der Waals surface area contributed by atoms with Gasteiger partial charge in [0.25, 0.3) is 0 Å². The Morgan fingerprint density at radius 1 is 1.31 bits per heavy atom. The van der Waals surface area contributed by atoms with E-state index in [9.17, 15) is 14.4 Å². The van der Waals surface area contributed by atoms with Gasteiger partial charge in [-0.25, -0.2) is 14.4 Å². The highest BCUT2D eigenvalue weighted by Gasteiger charge is 2.65. The first-order valence-electron chi connectivity index (χ1n) is 8.55. The molecule has 7 nitrogen and oxygen atoms in total. The first-order chi connectivity index (χ1) is 12.2. The smallest absolute Gasteiger partial charge is 0.334 e. The first kappa shape index (κ1) is 17.0. The maximum atomic E-state index is 12.2. The second-order valence-electron chi connectivity index (χ2n) is 7.54. The van der Waals surface area contributed by atoms with Gasteiger partial charge in [-0.1, -0.05) is 13.2 Å². The lowest BCUT2D eigenvalue weighted by Gasteiger charge is -2.27. The van der Waals surface area contributed by atoms with Crippen LogP contribution in [0.25, 0.3) is 0 Å². The molecule has 0 aromatic carbocycles. The van der Waals surface area contributed by atoms with E-state index in [0.29, 0.717) is 12.0 Å². The molecule has 7 heteroatoms. The fourth-order valence-corrected chi connectivity index (χ4v) is 4.02. The molecule has 0 N–H and O–H groups in total. The molecule has 0 saturated carbocycles. The summed E-state index contributed by atoms with van der Waals surface area (Å²) in [5, 5.41) is 0. The third-order valence-electron chi connectivity index (χ3n) is 5.44. The molecule has 0 aromatic heterocycles. The van der Waals surface area contributed by atoms with Gasteiger partial charge in [0.15, 0.2) is 0 Å². The van der Waals surface area contributed by atoms with Crippen molar-refractivity contribution in [2.24, 2.45) is 5.92 Å². The van der Waals surface area contributed by atoms with Crippen molar-refractivity contribution < 1.29 is 33.3 Å². The predicted octanol–water partition coefficient (Wildman–Crippen LogP) is 1.38. The van der Waals surface area contributed by atoms with E-state index in [1.165, 1.54) is 6.92 Å². The topological polar surface area (TPSA) is 91.4 Å². The van der Waals surface area contributed by atoms with Crippen LogP contribution in [0.3, 0.4) is 0 Å². The summed E-state index contributed by atoms with van der Waals surface area (Å²) in [5.74, 6) is -2.17. The minimum Gasteiger partial charge on any atom is -0.458 e. The summed E-state index contributed by atoms with van der Waals surface area (Å²) in [6.07, 6.45) is 0.167. The van der Waals surface area contributed by atoms with E-state index < -0.39 is 47.7 Å². The van der Waals surface area contributed by atoms with Crippen molar-refractivity contribution in [1.82, 2.24) is 0 Å². The largest absolute Gasteiger partial charge is 0.458 e. The second kappa shape index (κ2) is 5.54. The molecule has 138 valence electrons. The average Bonchev–Trinajstić information content (AvgIpc) is 2.96. The molecule has 0 unspecified atom stereocenters. The maximum absolute atomic E-state index is 12.2. The van der Waals surface area contributed by atoms with Crippen molar-refractivity contribution in [3.8, 4) is 0 Å². The molecule has 0 aromatic rings. The van der Waals surface area contributed by atoms with Gasteiger partial charge in [0.05, 0.1) is 11.5 Å². The van der Waals surface area contributed by atoms with Crippen molar-refractivity contribution in [3.63, 3.8) is 0 Å². The van der Waals surface area contributed by atoms with Crippen molar-refractivity contribution >= 4 is 17.9 Å². The Labute approximate surface area is 150 Å². The molecule has 6 atom stereocenters. The number of carbonyl (C=O) groups excluding carboxylic acids is 3. The van der Waals surface area contributed by atoms with Crippen LogP contribution in [-0.2, 0) is 33.3 Å². The molecule has 2 saturated heterocycles. The maximum Gasteiger partial charge on any atom is 0.334 e. The molecule has 3 aliphatic heterocycles. The van der Waals surface area contributed by atoms with Crippen LogP contribution in [0.2, 0.25) is 0 Å². The fraction of sp³-hybridized carbons (Fsp3) is 0.526. The van der Waals surface area contributed by atoms with E-state index >= 15 is 0 Å². The lowest BCUT2D eigenvalue weighted by molar-refractivity contribution is -0.149. The van der Waals surface area contributed by atoms with Gasteiger partial charge in [0.1, 0.15) is 24.4 Å². The molecule has 4 aliphatic rings. The number of fused-ring (bicyclic) bond motifs is 4. The molecule has 0 amide bonds. The van der Waals surface area contributed by atoms with Crippen LogP contribution in [0, 0.1) is 5.92 Å². The number of hydrogen-bond acceptors (Lipinski definition) is 7. The van der Waals surface area contributed by atoms with Crippen LogP contribution in [0.1, 0.15) is 26.7 Å². The number of hydrogen-bond donors (Lipinski definition) is 0. The molecule has 0 spiro atoms. The summed E-state index contributed by atoms with van der Waals surface area (Å²) in [5.41, 5.74) is 0.285. The molecule has 0 radical (unpaired) electrons. The van der Waals surface area contributed by atoms with Crippen LogP contribution < -0.4 is 0 Å². The van der Waals surface area contributed by atoms with E-state index in [1.807, 2.05) is 6.92 Å². The molecule has 2 bridgehead atoms.